The highest BCUT2D eigenvalue weighted by molar-refractivity contribution is 5.91. The number of hydrogen-bond acceptors (Lipinski definition) is 5. The highest BCUT2D eigenvalue weighted by atomic mass is 19.1. The lowest BCUT2D eigenvalue weighted by atomic mass is 9.90. The highest BCUT2D eigenvalue weighted by Crippen LogP contribution is 2.47. The van der Waals surface area contributed by atoms with Gasteiger partial charge in [-0.25, -0.2) is 13.8 Å². The Kier molecular flexibility index (Phi) is 7.02. The van der Waals surface area contributed by atoms with Crippen molar-refractivity contribution in [3.8, 4) is 39.5 Å². The van der Waals surface area contributed by atoms with Crippen molar-refractivity contribution < 1.29 is 18.3 Å². The van der Waals surface area contributed by atoms with Crippen LogP contribution in [-0.2, 0) is 24.7 Å². The molecule has 1 amide bonds. The van der Waals surface area contributed by atoms with Crippen LogP contribution < -0.4 is 4.74 Å². The van der Waals surface area contributed by atoms with Gasteiger partial charge in [0.05, 0.1) is 53.0 Å². The van der Waals surface area contributed by atoms with Crippen LogP contribution in [0.5, 0.6) is 5.75 Å². The molecule has 230 valence electrons. The lowest BCUT2D eigenvalue weighted by molar-refractivity contribution is -0.129. The molecule has 0 N–H and O–H groups in total. The van der Waals surface area contributed by atoms with Crippen LogP contribution >= 0.6 is 0 Å². The third-order valence-corrected chi connectivity index (χ3v) is 9.10. The SMILES string of the molecule is C=CC(=O)N1C[C@H](C)n2nc(-c3nc(-c4ccc5cnn(C)c5c4)c4c(c3-c3c(F)cc(F)cc3OCC)CCC4)cc2[C@H]1C. The number of nitrogens with zero attached hydrogens (tertiary/aromatic N) is 6. The summed E-state index contributed by atoms with van der Waals surface area (Å²) >= 11 is 0. The minimum Gasteiger partial charge on any atom is -0.493 e. The molecule has 7 rings (SSSR count). The lowest BCUT2D eigenvalue weighted by Gasteiger charge is -2.36. The number of amides is 1. The van der Waals surface area contributed by atoms with Gasteiger partial charge >= 0.3 is 0 Å². The van der Waals surface area contributed by atoms with Crippen molar-refractivity contribution in [2.24, 2.45) is 7.05 Å². The Labute approximate surface area is 259 Å². The molecular formula is C35H34F2N6O2. The van der Waals surface area contributed by atoms with Gasteiger partial charge in [-0.15, -0.1) is 0 Å². The van der Waals surface area contributed by atoms with Crippen LogP contribution in [0.25, 0.3) is 44.7 Å². The van der Waals surface area contributed by atoms with Crippen LogP contribution in [-0.4, -0.2) is 48.5 Å². The molecule has 0 fully saturated rings. The highest BCUT2D eigenvalue weighted by Gasteiger charge is 2.35. The molecule has 0 unspecified atom stereocenters. The predicted octanol–water partition coefficient (Wildman–Crippen LogP) is 6.98. The van der Waals surface area contributed by atoms with Gasteiger partial charge in [-0.05, 0) is 69.4 Å². The van der Waals surface area contributed by atoms with E-state index >= 15 is 4.39 Å². The van der Waals surface area contributed by atoms with E-state index in [1.165, 1.54) is 12.1 Å². The van der Waals surface area contributed by atoms with E-state index in [0.29, 0.717) is 29.9 Å². The van der Waals surface area contributed by atoms with Crippen LogP contribution in [0, 0.1) is 11.6 Å². The molecule has 0 spiro atoms. The molecule has 2 aliphatic rings. The molecule has 3 aromatic heterocycles. The van der Waals surface area contributed by atoms with Gasteiger partial charge in [-0.3, -0.25) is 14.2 Å². The zero-order valence-corrected chi connectivity index (χ0v) is 25.8. The Balaban J connectivity index is 1.52. The van der Waals surface area contributed by atoms with Crippen molar-refractivity contribution in [3.05, 3.63) is 83.7 Å². The minimum atomic E-state index is -0.715. The van der Waals surface area contributed by atoms with E-state index in [2.05, 4.69) is 17.7 Å². The Hall–Kier alpha value is -4.86. The van der Waals surface area contributed by atoms with Crippen LogP contribution in [0.1, 0.15) is 56.1 Å². The van der Waals surface area contributed by atoms with Crippen molar-refractivity contribution in [2.75, 3.05) is 13.2 Å². The fourth-order valence-corrected chi connectivity index (χ4v) is 6.97. The number of halogens is 2. The first kappa shape index (κ1) is 28.9. The van der Waals surface area contributed by atoms with Crippen LogP contribution in [0.4, 0.5) is 8.78 Å². The van der Waals surface area contributed by atoms with Crippen LogP contribution in [0.15, 0.2) is 55.3 Å². The second-order valence-electron chi connectivity index (χ2n) is 11.8. The maximum atomic E-state index is 16.0. The van der Waals surface area contributed by atoms with E-state index in [0.717, 1.165) is 57.9 Å². The Morgan fingerprint density at radius 3 is 2.67 bits per heavy atom. The van der Waals surface area contributed by atoms with E-state index in [-0.39, 0.29) is 35.9 Å². The quantitative estimate of drug-likeness (QED) is 0.194. The van der Waals surface area contributed by atoms with Crippen LogP contribution in [0.3, 0.4) is 0 Å². The summed E-state index contributed by atoms with van der Waals surface area (Å²) in [6.45, 7) is 10.1. The number of pyridine rings is 1. The summed E-state index contributed by atoms with van der Waals surface area (Å²) in [5.41, 5.74) is 7.34. The van der Waals surface area contributed by atoms with Gasteiger partial charge in [0, 0.05) is 42.2 Å². The number of carbonyl (C=O) groups is 1. The summed E-state index contributed by atoms with van der Waals surface area (Å²) in [6.07, 6.45) is 5.50. The number of hydrogen-bond donors (Lipinski definition) is 0. The molecular weight excluding hydrogens is 574 g/mol. The molecule has 10 heteroatoms. The van der Waals surface area contributed by atoms with Gasteiger partial charge in [0.1, 0.15) is 23.1 Å². The van der Waals surface area contributed by atoms with E-state index in [1.807, 2.05) is 54.7 Å². The van der Waals surface area contributed by atoms with Crippen molar-refractivity contribution in [2.45, 2.75) is 52.1 Å². The number of fused-ring (bicyclic) bond motifs is 3. The third-order valence-electron chi connectivity index (χ3n) is 9.10. The molecule has 8 nitrogen and oxygen atoms in total. The van der Waals surface area contributed by atoms with Gasteiger partial charge < -0.3 is 9.64 Å². The average molecular weight is 609 g/mol. The molecule has 0 bridgehead atoms. The monoisotopic (exact) mass is 608 g/mol. The summed E-state index contributed by atoms with van der Waals surface area (Å²) < 4.78 is 40.1. The first-order valence-electron chi connectivity index (χ1n) is 15.3. The zero-order chi connectivity index (χ0) is 31.6. The van der Waals surface area contributed by atoms with Crippen molar-refractivity contribution >= 4 is 16.8 Å². The number of ether oxygens (including phenoxy) is 1. The number of carbonyl (C=O) groups excluding carboxylic acids is 1. The Morgan fingerprint density at radius 2 is 1.89 bits per heavy atom. The third kappa shape index (κ3) is 4.62. The molecule has 1 aliphatic heterocycles. The van der Waals surface area contributed by atoms with Gasteiger partial charge in [-0.2, -0.15) is 10.2 Å². The fraction of sp³-hybridized carbons (Fsp3) is 0.314. The first-order chi connectivity index (χ1) is 21.7. The number of benzene rings is 2. The van der Waals surface area contributed by atoms with Crippen molar-refractivity contribution in [1.29, 1.82) is 0 Å². The fourth-order valence-electron chi connectivity index (χ4n) is 6.97. The normalized spacial score (nSPS) is 17.4. The number of aromatic nitrogens is 5. The first-order valence-corrected chi connectivity index (χ1v) is 15.3. The lowest BCUT2D eigenvalue weighted by Crippen LogP contribution is -2.42. The largest absolute Gasteiger partial charge is 0.493 e. The van der Waals surface area contributed by atoms with Crippen molar-refractivity contribution in [1.82, 2.24) is 29.4 Å². The summed E-state index contributed by atoms with van der Waals surface area (Å²) in [5.74, 6) is -1.45. The second-order valence-corrected chi connectivity index (χ2v) is 11.8. The van der Waals surface area contributed by atoms with Crippen LogP contribution in [0.2, 0.25) is 0 Å². The smallest absolute Gasteiger partial charge is 0.246 e. The Bertz CT molecular complexity index is 2010. The minimum absolute atomic E-state index is 0.111. The molecule has 1 aliphatic carbocycles. The Morgan fingerprint density at radius 1 is 1.09 bits per heavy atom. The molecule has 2 atom stereocenters. The maximum absolute atomic E-state index is 16.0. The average Bonchev–Trinajstić information content (AvgIpc) is 3.77. The molecule has 2 aromatic carbocycles. The van der Waals surface area contributed by atoms with Gasteiger partial charge in [0.15, 0.2) is 0 Å². The standard InChI is InChI=1S/C35H34F2N6O2/c1-6-31(44)42-18-19(3)43-28(20(42)4)16-27(40-43)35-32(33-26(37)14-23(36)15-30(33)45-7-2)24-9-8-10-25(24)34(39-35)21-11-12-22-17-38-41(5)29(22)13-21/h6,11-17,19-20H,1,7-10,18H2,2-5H3/t19-,20+/m0/s1. The number of rotatable bonds is 6. The second kappa shape index (κ2) is 10.9. The van der Waals surface area contributed by atoms with E-state index in [1.54, 1.807) is 11.8 Å². The van der Waals surface area contributed by atoms with Crippen molar-refractivity contribution in [3.63, 3.8) is 0 Å². The molecule has 45 heavy (non-hydrogen) atoms. The maximum Gasteiger partial charge on any atom is 0.246 e. The molecule has 4 heterocycles. The zero-order valence-electron chi connectivity index (χ0n) is 25.8. The van der Waals surface area contributed by atoms with Gasteiger partial charge in [0.25, 0.3) is 0 Å². The summed E-state index contributed by atoms with van der Waals surface area (Å²) in [5, 5.41) is 10.5. The topological polar surface area (TPSA) is 78.1 Å². The van der Waals surface area contributed by atoms with Gasteiger partial charge in [0.2, 0.25) is 5.91 Å². The van der Waals surface area contributed by atoms with Gasteiger partial charge in [-0.1, -0.05) is 18.7 Å². The molecule has 0 saturated carbocycles. The van der Waals surface area contributed by atoms with E-state index in [4.69, 9.17) is 14.8 Å². The number of aryl methyl sites for hydroxylation is 1. The predicted molar refractivity (Wildman–Crippen MR) is 169 cm³/mol. The summed E-state index contributed by atoms with van der Waals surface area (Å²) in [7, 11) is 1.91. The molecule has 0 radical (unpaired) electrons. The van der Waals surface area contributed by atoms with E-state index in [9.17, 15) is 9.18 Å². The molecule has 0 saturated heterocycles. The summed E-state index contributed by atoms with van der Waals surface area (Å²) in [6, 6.07) is 9.85. The molecule has 5 aromatic rings. The van der Waals surface area contributed by atoms with E-state index < -0.39 is 11.6 Å². The summed E-state index contributed by atoms with van der Waals surface area (Å²) in [4.78, 5) is 19.8.